The number of aromatic hydroxyl groups is 1. The van der Waals surface area contributed by atoms with Crippen LogP contribution in [0.3, 0.4) is 0 Å². The Hall–Kier alpha value is -2.99. The van der Waals surface area contributed by atoms with Crippen LogP contribution in [0.15, 0.2) is 48.5 Å². The number of rotatable bonds is 8. The number of methoxy groups -OCH3 is 3. The van der Waals surface area contributed by atoms with E-state index in [2.05, 4.69) is 5.32 Å². The van der Waals surface area contributed by atoms with E-state index in [9.17, 15) is 9.90 Å². The number of hydrogen-bond donors (Lipinski definition) is 2. The summed E-state index contributed by atoms with van der Waals surface area (Å²) in [6, 6.07) is 12.4. The van der Waals surface area contributed by atoms with Gasteiger partial charge in [0.25, 0.3) is 0 Å². The van der Waals surface area contributed by atoms with Crippen molar-refractivity contribution in [3.63, 3.8) is 0 Å². The van der Waals surface area contributed by atoms with Crippen molar-refractivity contribution < 1.29 is 24.1 Å². The van der Waals surface area contributed by atoms with Crippen molar-refractivity contribution in [3.05, 3.63) is 59.7 Å². The van der Waals surface area contributed by atoms with Gasteiger partial charge in [0.1, 0.15) is 5.75 Å². The van der Waals surface area contributed by atoms with Gasteiger partial charge in [-0.1, -0.05) is 18.2 Å². The normalized spacial score (nSPS) is 12.0. The predicted octanol–water partition coefficient (Wildman–Crippen LogP) is 2.93. The third-order valence-corrected chi connectivity index (χ3v) is 3.86. The van der Waals surface area contributed by atoms with Gasteiger partial charge in [-0.25, -0.2) is 0 Å². The number of amides is 1. The Morgan fingerprint density at radius 1 is 1.12 bits per heavy atom. The van der Waals surface area contributed by atoms with E-state index in [0.717, 1.165) is 16.9 Å². The SMILES string of the molecule is COc1ccc([C@@H](CNC(=O)/C=C/c2ccc(O)c(OC)c2)OC)cc1. The highest BCUT2D eigenvalue weighted by atomic mass is 16.5. The lowest BCUT2D eigenvalue weighted by molar-refractivity contribution is -0.117. The van der Waals surface area contributed by atoms with E-state index >= 15 is 0 Å². The molecule has 0 spiro atoms. The van der Waals surface area contributed by atoms with E-state index in [1.807, 2.05) is 24.3 Å². The molecule has 0 unspecified atom stereocenters. The molecular weight excluding hydrogens is 334 g/mol. The first-order valence-electron chi connectivity index (χ1n) is 8.07. The third-order valence-electron chi connectivity index (χ3n) is 3.86. The van der Waals surface area contributed by atoms with E-state index in [1.54, 1.807) is 32.4 Å². The smallest absolute Gasteiger partial charge is 0.244 e. The lowest BCUT2D eigenvalue weighted by Crippen LogP contribution is -2.27. The van der Waals surface area contributed by atoms with Gasteiger partial charge in [-0.2, -0.15) is 0 Å². The summed E-state index contributed by atoms with van der Waals surface area (Å²) in [4.78, 5) is 12.0. The van der Waals surface area contributed by atoms with Gasteiger partial charge in [-0.15, -0.1) is 0 Å². The standard InChI is InChI=1S/C20H23NO5/c1-24-16-8-6-15(7-9-16)19(26-3)13-21-20(23)11-5-14-4-10-17(22)18(12-14)25-2/h4-12,19,22H,13H2,1-3H3,(H,21,23)/b11-5+/t19-/m1/s1. The summed E-state index contributed by atoms with van der Waals surface area (Å²) < 4.78 is 15.6. The minimum absolute atomic E-state index is 0.0523. The van der Waals surface area contributed by atoms with Gasteiger partial charge < -0.3 is 24.6 Å². The summed E-state index contributed by atoms with van der Waals surface area (Å²) in [5, 5.41) is 12.4. The number of hydrogen-bond acceptors (Lipinski definition) is 5. The lowest BCUT2D eigenvalue weighted by atomic mass is 10.1. The molecule has 1 atom stereocenters. The maximum absolute atomic E-state index is 12.0. The van der Waals surface area contributed by atoms with Crippen molar-refractivity contribution in [2.45, 2.75) is 6.10 Å². The van der Waals surface area contributed by atoms with Crippen LogP contribution in [-0.4, -0.2) is 38.9 Å². The number of carbonyl (C=O) groups excluding carboxylic acids is 1. The first-order chi connectivity index (χ1) is 12.6. The Labute approximate surface area is 153 Å². The van der Waals surface area contributed by atoms with Crippen LogP contribution in [-0.2, 0) is 9.53 Å². The third kappa shape index (κ3) is 5.26. The predicted molar refractivity (Wildman–Crippen MR) is 99.4 cm³/mol. The van der Waals surface area contributed by atoms with Gasteiger partial charge >= 0.3 is 0 Å². The van der Waals surface area contributed by atoms with Crippen LogP contribution in [0.5, 0.6) is 17.2 Å². The largest absolute Gasteiger partial charge is 0.504 e. The van der Waals surface area contributed by atoms with Gasteiger partial charge in [0.2, 0.25) is 5.91 Å². The van der Waals surface area contributed by atoms with E-state index in [1.165, 1.54) is 19.3 Å². The van der Waals surface area contributed by atoms with Gasteiger partial charge in [0.15, 0.2) is 11.5 Å². The minimum Gasteiger partial charge on any atom is -0.504 e. The molecule has 0 radical (unpaired) electrons. The van der Waals surface area contributed by atoms with Gasteiger partial charge in [0, 0.05) is 19.7 Å². The van der Waals surface area contributed by atoms with Crippen molar-refractivity contribution in [2.75, 3.05) is 27.9 Å². The van der Waals surface area contributed by atoms with Crippen molar-refractivity contribution >= 4 is 12.0 Å². The Kier molecular flexibility index (Phi) is 7.05. The molecule has 0 aliphatic heterocycles. The molecule has 2 N–H and O–H groups in total. The van der Waals surface area contributed by atoms with Crippen LogP contribution >= 0.6 is 0 Å². The molecule has 0 heterocycles. The molecule has 0 saturated heterocycles. The lowest BCUT2D eigenvalue weighted by Gasteiger charge is -2.16. The summed E-state index contributed by atoms with van der Waals surface area (Å²) in [5.41, 5.74) is 1.69. The number of benzene rings is 2. The molecule has 6 heteroatoms. The zero-order valence-corrected chi connectivity index (χ0v) is 15.1. The molecule has 0 aliphatic rings. The fraction of sp³-hybridized carbons (Fsp3) is 0.250. The van der Waals surface area contributed by atoms with Crippen molar-refractivity contribution in [1.82, 2.24) is 5.32 Å². The Morgan fingerprint density at radius 2 is 1.85 bits per heavy atom. The number of phenolic OH excluding ortho intramolecular Hbond substituents is 1. The van der Waals surface area contributed by atoms with Crippen LogP contribution in [0.4, 0.5) is 0 Å². The maximum atomic E-state index is 12.0. The molecule has 26 heavy (non-hydrogen) atoms. The molecule has 0 fully saturated rings. The Bertz CT molecular complexity index is 755. The van der Waals surface area contributed by atoms with E-state index < -0.39 is 0 Å². The van der Waals surface area contributed by atoms with Crippen LogP contribution < -0.4 is 14.8 Å². The minimum atomic E-state index is -0.257. The second-order valence-electron chi connectivity index (χ2n) is 5.51. The summed E-state index contributed by atoms with van der Waals surface area (Å²) in [5.74, 6) is 0.926. The summed E-state index contributed by atoms with van der Waals surface area (Å²) in [6.45, 7) is 0.338. The van der Waals surface area contributed by atoms with Crippen molar-refractivity contribution in [2.24, 2.45) is 0 Å². The number of nitrogens with one attached hydrogen (secondary N) is 1. The number of ether oxygens (including phenoxy) is 3. The van der Waals surface area contributed by atoms with Crippen LogP contribution in [0, 0.1) is 0 Å². The second-order valence-corrected chi connectivity index (χ2v) is 5.51. The average Bonchev–Trinajstić information content (AvgIpc) is 2.68. The van der Waals surface area contributed by atoms with E-state index in [-0.39, 0.29) is 17.8 Å². The van der Waals surface area contributed by atoms with Gasteiger partial charge in [-0.05, 0) is 41.5 Å². The summed E-state index contributed by atoms with van der Waals surface area (Å²) in [6.07, 6.45) is 2.81. The zero-order chi connectivity index (χ0) is 18.9. The Morgan fingerprint density at radius 3 is 2.46 bits per heavy atom. The number of phenols is 1. The first kappa shape index (κ1) is 19.3. The fourth-order valence-corrected chi connectivity index (χ4v) is 2.38. The van der Waals surface area contributed by atoms with Crippen molar-refractivity contribution in [1.29, 1.82) is 0 Å². The monoisotopic (exact) mass is 357 g/mol. The van der Waals surface area contributed by atoms with Gasteiger partial charge in [0.05, 0.1) is 20.3 Å². The zero-order valence-electron chi connectivity index (χ0n) is 15.1. The van der Waals surface area contributed by atoms with E-state index in [0.29, 0.717) is 12.3 Å². The average molecular weight is 357 g/mol. The molecule has 0 aliphatic carbocycles. The first-order valence-corrected chi connectivity index (χ1v) is 8.07. The van der Waals surface area contributed by atoms with Crippen LogP contribution in [0.1, 0.15) is 17.2 Å². The molecule has 0 bridgehead atoms. The molecule has 0 aromatic heterocycles. The molecule has 6 nitrogen and oxygen atoms in total. The summed E-state index contributed by atoms with van der Waals surface area (Å²) in [7, 11) is 4.68. The van der Waals surface area contributed by atoms with E-state index in [4.69, 9.17) is 14.2 Å². The Balaban J connectivity index is 1.93. The van der Waals surface area contributed by atoms with Crippen LogP contribution in [0.2, 0.25) is 0 Å². The highest BCUT2D eigenvalue weighted by molar-refractivity contribution is 5.91. The fourth-order valence-electron chi connectivity index (χ4n) is 2.38. The highest BCUT2D eigenvalue weighted by Gasteiger charge is 2.11. The molecule has 0 saturated carbocycles. The molecule has 1 amide bonds. The molecular formula is C20H23NO5. The topological polar surface area (TPSA) is 77.0 Å². The van der Waals surface area contributed by atoms with Gasteiger partial charge in [-0.3, -0.25) is 4.79 Å². The number of carbonyl (C=O) groups is 1. The molecule has 2 aromatic rings. The molecule has 2 aromatic carbocycles. The highest BCUT2D eigenvalue weighted by Crippen LogP contribution is 2.26. The summed E-state index contributed by atoms with van der Waals surface area (Å²) >= 11 is 0. The second kappa shape index (κ2) is 9.48. The quantitative estimate of drug-likeness (QED) is 0.711. The molecule has 2 rings (SSSR count). The van der Waals surface area contributed by atoms with Crippen LogP contribution in [0.25, 0.3) is 6.08 Å². The maximum Gasteiger partial charge on any atom is 0.244 e. The molecule has 138 valence electrons. The van der Waals surface area contributed by atoms with Crippen molar-refractivity contribution in [3.8, 4) is 17.2 Å².